The van der Waals surface area contributed by atoms with E-state index in [2.05, 4.69) is 5.32 Å². The molecule has 1 unspecified atom stereocenters. The fraction of sp³-hybridized carbons (Fsp3) is 0.562. The van der Waals surface area contributed by atoms with Crippen LogP contribution in [0.15, 0.2) is 24.3 Å². The molecular weight excluding hydrogens is 287 g/mol. The molecule has 2 N–H and O–H groups in total. The average molecular weight is 310 g/mol. The molecule has 1 aliphatic carbocycles. The molecule has 122 valence electrons. The predicted molar refractivity (Wildman–Crippen MR) is 81.2 cm³/mol. The van der Waals surface area contributed by atoms with Gasteiger partial charge in [0.05, 0.1) is 5.54 Å². The highest BCUT2D eigenvalue weighted by Crippen LogP contribution is 2.36. The van der Waals surface area contributed by atoms with Crippen LogP contribution in [0.1, 0.15) is 19.3 Å². The quantitative estimate of drug-likeness (QED) is 0.793. The second-order valence-corrected chi connectivity index (χ2v) is 5.91. The summed E-state index contributed by atoms with van der Waals surface area (Å²) >= 11 is 0. The topological polar surface area (TPSA) is 61.8 Å². The molecule has 1 aliphatic rings. The highest BCUT2D eigenvalue weighted by Gasteiger charge is 2.45. The number of amides is 1. The molecule has 0 spiro atoms. The molecule has 1 amide bonds. The first-order chi connectivity index (χ1) is 10.4. The van der Waals surface area contributed by atoms with Gasteiger partial charge in [-0.25, -0.2) is 4.39 Å². The van der Waals surface area contributed by atoms with Crippen molar-refractivity contribution < 1.29 is 19.0 Å². The number of benzene rings is 1. The number of nitrogens with zero attached hydrogens (tertiary/aromatic N) is 1. The summed E-state index contributed by atoms with van der Waals surface area (Å²) < 4.78 is 18.1. The standard InChI is InChI=1S/C16H23FN2O3/c1-19(2)16(8-3-9-16)15(21)18-10-13(20)11-22-14-6-4-12(17)5-7-14/h4-7,13,20H,3,8-11H2,1-2H3,(H,18,21). The van der Waals surface area contributed by atoms with Crippen molar-refractivity contribution in [3.05, 3.63) is 30.1 Å². The molecule has 0 bridgehead atoms. The lowest BCUT2D eigenvalue weighted by atomic mass is 9.75. The minimum Gasteiger partial charge on any atom is -0.491 e. The van der Waals surface area contributed by atoms with E-state index in [4.69, 9.17) is 4.74 Å². The van der Waals surface area contributed by atoms with Crippen LogP contribution in [0, 0.1) is 5.82 Å². The van der Waals surface area contributed by atoms with Crippen LogP contribution in [0.3, 0.4) is 0 Å². The zero-order valence-electron chi connectivity index (χ0n) is 13.0. The zero-order chi connectivity index (χ0) is 16.2. The maximum Gasteiger partial charge on any atom is 0.240 e. The Morgan fingerprint density at radius 1 is 1.41 bits per heavy atom. The van der Waals surface area contributed by atoms with E-state index in [0.717, 1.165) is 19.3 Å². The summed E-state index contributed by atoms with van der Waals surface area (Å²) in [6, 6.07) is 5.58. The van der Waals surface area contributed by atoms with Gasteiger partial charge in [-0.3, -0.25) is 9.69 Å². The molecule has 0 radical (unpaired) electrons. The Kier molecular flexibility index (Phi) is 5.37. The predicted octanol–water partition coefficient (Wildman–Crippen LogP) is 1.17. The summed E-state index contributed by atoms with van der Waals surface area (Å²) in [6.07, 6.45) is 1.91. The van der Waals surface area contributed by atoms with Gasteiger partial charge in [0.15, 0.2) is 0 Å². The number of hydrogen-bond donors (Lipinski definition) is 2. The lowest BCUT2D eigenvalue weighted by Crippen LogP contribution is -2.61. The normalized spacial score (nSPS) is 17.7. The van der Waals surface area contributed by atoms with Crippen LogP contribution >= 0.6 is 0 Å². The molecule has 1 aromatic rings. The molecule has 1 atom stereocenters. The first kappa shape index (κ1) is 16.7. The highest BCUT2D eigenvalue weighted by atomic mass is 19.1. The fourth-order valence-electron chi connectivity index (χ4n) is 2.55. The van der Waals surface area contributed by atoms with E-state index >= 15 is 0 Å². The molecule has 1 aromatic carbocycles. The van der Waals surface area contributed by atoms with E-state index in [1.807, 2.05) is 19.0 Å². The Balaban J connectivity index is 1.74. The Labute approximate surface area is 130 Å². The number of carbonyl (C=O) groups excluding carboxylic acids is 1. The van der Waals surface area contributed by atoms with Gasteiger partial charge in [-0.05, 0) is 57.6 Å². The minimum atomic E-state index is -0.812. The van der Waals surface area contributed by atoms with Crippen LogP contribution in [-0.4, -0.2) is 54.8 Å². The van der Waals surface area contributed by atoms with Gasteiger partial charge < -0.3 is 15.2 Å². The van der Waals surface area contributed by atoms with Crippen molar-refractivity contribution >= 4 is 5.91 Å². The number of nitrogens with one attached hydrogen (secondary N) is 1. The Morgan fingerprint density at radius 3 is 2.55 bits per heavy atom. The van der Waals surface area contributed by atoms with E-state index in [1.54, 1.807) is 0 Å². The lowest BCUT2D eigenvalue weighted by molar-refractivity contribution is -0.137. The molecule has 0 heterocycles. The summed E-state index contributed by atoms with van der Waals surface area (Å²) in [5, 5.41) is 12.7. The Hall–Kier alpha value is -1.66. The fourth-order valence-corrected chi connectivity index (χ4v) is 2.55. The third kappa shape index (κ3) is 3.75. The van der Waals surface area contributed by atoms with Crippen LogP contribution in [-0.2, 0) is 4.79 Å². The van der Waals surface area contributed by atoms with Gasteiger partial charge in [0.2, 0.25) is 5.91 Å². The van der Waals surface area contributed by atoms with Crippen molar-refractivity contribution in [2.45, 2.75) is 30.9 Å². The van der Waals surface area contributed by atoms with E-state index in [-0.39, 0.29) is 24.9 Å². The number of halogens is 1. The Morgan fingerprint density at radius 2 is 2.05 bits per heavy atom. The van der Waals surface area contributed by atoms with Gasteiger partial charge >= 0.3 is 0 Å². The number of aliphatic hydroxyl groups is 1. The first-order valence-electron chi connectivity index (χ1n) is 7.46. The highest BCUT2D eigenvalue weighted by molar-refractivity contribution is 5.87. The zero-order valence-corrected chi connectivity index (χ0v) is 13.0. The van der Waals surface area contributed by atoms with E-state index in [0.29, 0.717) is 5.75 Å². The summed E-state index contributed by atoms with van der Waals surface area (Å²) in [6.45, 7) is 0.177. The van der Waals surface area contributed by atoms with Crippen molar-refractivity contribution in [1.29, 1.82) is 0 Å². The van der Waals surface area contributed by atoms with Gasteiger partial charge in [0.25, 0.3) is 0 Å². The third-order valence-electron chi connectivity index (χ3n) is 4.21. The number of aliphatic hydroxyl groups excluding tert-OH is 1. The maximum absolute atomic E-state index is 12.8. The van der Waals surface area contributed by atoms with Crippen LogP contribution in [0.5, 0.6) is 5.75 Å². The summed E-state index contributed by atoms with van der Waals surface area (Å²) in [4.78, 5) is 14.2. The van der Waals surface area contributed by atoms with E-state index in [9.17, 15) is 14.3 Å². The third-order valence-corrected chi connectivity index (χ3v) is 4.21. The van der Waals surface area contributed by atoms with Crippen LogP contribution in [0.25, 0.3) is 0 Å². The molecule has 22 heavy (non-hydrogen) atoms. The van der Waals surface area contributed by atoms with Gasteiger partial charge in [-0.2, -0.15) is 0 Å². The molecule has 0 aliphatic heterocycles. The number of likely N-dealkylation sites (N-methyl/N-ethyl adjacent to an activating group) is 1. The van der Waals surface area contributed by atoms with Crippen molar-refractivity contribution in [1.82, 2.24) is 10.2 Å². The van der Waals surface area contributed by atoms with Crippen molar-refractivity contribution in [3.8, 4) is 5.75 Å². The van der Waals surface area contributed by atoms with Crippen molar-refractivity contribution in [2.75, 3.05) is 27.2 Å². The number of ether oxygens (including phenoxy) is 1. The van der Waals surface area contributed by atoms with E-state index < -0.39 is 11.6 Å². The monoisotopic (exact) mass is 310 g/mol. The second-order valence-electron chi connectivity index (χ2n) is 5.91. The molecule has 2 rings (SSSR count). The molecule has 0 saturated heterocycles. The molecule has 0 aromatic heterocycles. The van der Waals surface area contributed by atoms with Crippen LogP contribution in [0.4, 0.5) is 4.39 Å². The van der Waals surface area contributed by atoms with Gasteiger partial charge in [0.1, 0.15) is 24.3 Å². The second kappa shape index (κ2) is 7.07. The SMILES string of the molecule is CN(C)C1(C(=O)NCC(O)COc2ccc(F)cc2)CCC1. The minimum absolute atomic E-state index is 0.0425. The first-order valence-corrected chi connectivity index (χ1v) is 7.46. The van der Waals surface area contributed by atoms with Crippen molar-refractivity contribution in [2.24, 2.45) is 0 Å². The molecule has 1 saturated carbocycles. The summed E-state index contributed by atoms with van der Waals surface area (Å²) in [7, 11) is 3.79. The number of hydrogen-bond acceptors (Lipinski definition) is 4. The van der Waals surface area contributed by atoms with Crippen LogP contribution in [0.2, 0.25) is 0 Å². The number of carbonyl (C=O) groups is 1. The lowest BCUT2D eigenvalue weighted by Gasteiger charge is -2.45. The summed E-state index contributed by atoms with van der Waals surface area (Å²) in [5.74, 6) is 0.0924. The van der Waals surface area contributed by atoms with Gasteiger partial charge in [-0.1, -0.05) is 0 Å². The van der Waals surface area contributed by atoms with Gasteiger partial charge in [0, 0.05) is 6.54 Å². The van der Waals surface area contributed by atoms with Gasteiger partial charge in [-0.15, -0.1) is 0 Å². The summed E-state index contributed by atoms with van der Waals surface area (Å²) in [5.41, 5.74) is -0.433. The molecule has 5 nitrogen and oxygen atoms in total. The molecule has 6 heteroatoms. The largest absolute Gasteiger partial charge is 0.491 e. The van der Waals surface area contributed by atoms with E-state index in [1.165, 1.54) is 24.3 Å². The molecular formula is C16H23FN2O3. The Bertz CT molecular complexity index is 501. The number of rotatable bonds is 7. The van der Waals surface area contributed by atoms with Crippen LogP contribution < -0.4 is 10.1 Å². The van der Waals surface area contributed by atoms with Crippen molar-refractivity contribution in [3.63, 3.8) is 0 Å². The smallest absolute Gasteiger partial charge is 0.240 e. The maximum atomic E-state index is 12.8. The average Bonchev–Trinajstić information content (AvgIpc) is 2.43. The molecule has 1 fully saturated rings.